The average Bonchev–Trinajstić information content (AvgIpc) is 2.38. The van der Waals surface area contributed by atoms with Crippen LogP contribution in [-0.4, -0.2) is 37.2 Å². The van der Waals surface area contributed by atoms with E-state index < -0.39 is 0 Å². The van der Waals surface area contributed by atoms with E-state index in [1.165, 1.54) is 6.08 Å². The van der Waals surface area contributed by atoms with Gasteiger partial charge >= 0.3 is 0 Å². The molecule has 1 saturated heterocycles. The number of amides is 1. The fourth-order valence-electron chi connectivity index (χ4n) is 1.65. The number of hydrogen-bond acceptors (Lipinski definition) is 3. The number of ether oxygens (including phenoxy) is 1. The summed E-state index contributed by atoms with van der Waals surface area (Å²) in [5, 5.41) is 2.51. The van der Waals surface area contributed by atoms with Gasteiger partial charge in [0.05, 0.1) is 13.2 Å². The third kappa shape index (κ3) is 4.14. The van der Waals surface area contributed by atoms with Crippen LogP contribution in [0.3, 0.4) is 0 Å². The number of benzene rings is 1. The molecule has 0 aromatic heterocycles. The molecule has 1 N–H and O–H groups in total. The van der Waals surface area contributed by atoms with Crippen LogP contribution in [0.4, 0.5) is 0 Å². The van der Waals surface area contributed by atoms with Crippen molar-refractivity contribution in [3.8, 4) is 0 Å². The molecule has 0 atom stereocenters. The monoisotopic (exact) mass is 266 g/mol. The van der Waals surface area contributed by atoms with Gasteiger partial charge in [-0.1, -0.05) is 23.7 Å². The second-order valence-corrected chi connectivity index (χ2v) is 4.40. The minimum Gasteiger partial charge on any atom is -0.379 e. The quantitative estimate of drug-likeness (QED) is 0.847. The number of hydrazine groups is 1. The van der Waals surface area contributed by atoms with Gasteiger partial charge in [-0.05, 0) is 23.8 Å². The molecule has 1 aliphatic heterocycles. The topological polar surface area (TPSA) is 41.6 Å². The van der Waals surface area contributed by atoms with Crippen LogP contribution in [0.15, 0.2) is 30.3 Å². The number of morpholine rings is 1. The normalized spacial score (nSPS) is 16.9. The number of carbonyl (C=O) groups is 1. The Morgan fingerprint density at radius 3 is 2.89 bits per heavy atom. The first-order valence-corrected chi connectivity index (χ1v) is 6.19. The molecule has 0 saturated carbocycles. The smallest absolute Gasteiger partial charge is 0.258 e. The summed E-state index contributed by atoms with van der Waals surface area (Å²) in [7, 11) is 0. The first kappa shape index (κ1) is 13.1. The molecule has 5 heteroatoms. The lowest BCUT2D eigenvalue weighted by Gasteiger charge is -2.26. The molecule has 0 radical (unpaired) electrons. The zero-order valence-electron chi connectivity index (χ0n) is 9.93. The molecule has 0 spiro atoms. The summed E-state index contributed by atoms with van der Waals surface area (Å²) in [6.45, 7) is 2.74. The minimum atomic E-state index is -0.142. The first-order chi connectivity index (χ1) is 8.74. The molecule has 2 rings (SSSR count). The van der Waals surface area contributed by atoms with Gasteiger partial charge in [0, 0.05) is 24.2 Å². The predicted molar refractivity (Wildman–Crippen MR) is 71.0 cm³/mol. The summed E-state index contributed by atoms with van der Waals surface area (Å²) < 4.78 is 5.20. The van der Waals surface area contributed by atoms with Crippen LogP contribution in [0.5, 0.6) is 0 Å². The second kappa shape index (κ2) is 6.54. The van der Waals surface area contributed by atoms with E-state index in [0.29, 0.717) is 18.2 Å². The largest absolute Gasteiger partial charge is 0.379 e. The van der Waals surface area contributed by atoms with Crippen molar-refractivity contribution in [1.29, 1.82) is 0 Å². The third-order valence-corrected chi connectivity index (χ3v) is 2.79. The summed E-state index contributed by atoms with van der Waals surface area (Å²) in [5.41, 5.74) is 3.70. The Morgan fingerprint density at radius 2 is 2.17 bits per heavy atom. The Hall–Kier alpha value is -1.36. The maximum Gasteiger partial charge on any atom is 0.258 e. The Bertz CT molecular complexity index is 442. The molecular weight excluding hydrogens is 252 g/mol. The Morgan fingerprint density at radius 1 is 1.39 bits per heavy atom. The summed E-state index contributed by atoms with van der Waals surface area (Å²) in [4.78, 5) is 11.7. The Labute approximate surface area is 111 Å². The third-order valence-electron chi connectivity index (χ3n) is 2.56. The number of nitrogens with zero attached hydrogens (tertiary/aromatic N) is 1. The molecule has 18 heavy (non-hydrogen) atoms. The van der Waals surface area contributed by atoms with Gasteiger partial charge in [-0.15, -0.1) is 0 Å². The predicted octanol–water partition coefficient (Wildman–Crippen LogP) is 1.72. The van der Waals surface area contributed by atoms with E-state index in [0.717, 1.165) is 18.7 Å². The SMILES string of the molecule is O=C(C=Cc1cccc(Cl)c1)NN1CCOCC1. The van der Waals surface area contributed by atoms with Crippen molar-refractivity contribution < 1.29 is 9.53 Å². The highest BCUT2D eigenvalue weighted by Gasteiger charge is 2.10. The lowest BCUT2D eigenvalue weighted by Crippen LogP contribution is -2.47. The van der Waals surface area contributed by atoms with Crippen molar-refractivity contribution >= 4 is 23.6 Å². The summed E-state index contributed by atoms with van der Waals surface area (Å²) >= 11 is 5.86. The molecule has 1 fully saturated rings. The molecule has 1 amide bonds. The molecular formula is C13H15ClN2O2. The highest BCUT2D eigenvalue weighted by molar-refractivity contribution is 6.30. The second-order valence-electron chi connectivity index (χ2n) is 3.96. The van der Waals surface area contributed by atoms with E-state index in [9.17, 15) is 4.79 Å². The zero-order valence-corrected chi connectivity index (χ0v) is 10.7. The van der Waals surface area contributed by atoms with Crippen LogP contribution in [0, 0.1) is 0 Å². The Balaban J connectivity index is 1.86. The van der Waals surface area contributed by atoms with Crippen LogP contribution in [-0.2, 0) is 9.53 Å². The lowest BCUT2D eigenvalue weighted by molar-refractivity contribution is -0.123. The standard InChI is InChI=1S/C13H15ClN2O2/c14-12-3-1-2-11(10-12)4-5-13(17)15-16-6-8-18-9-7-16/h1-5,10H,6-9H2,(H,15,17). The molecule has 1 aliphatic rings. The molecule has 1 aromatic carbocycles. The van der Waals surface area contributed by atoms with Crippen LogP contribution in [0.1, 0.15) is 5.56 Å². The van der Waals surface area contributed by atoms with Crippen molar-refractivity contribution in [3.63, 3.8) is 0 Å². The van der Waals surface area contributed by atoms with Gasteiger partial charge in [0.15, 0.2) is 0 Å². The van der Waals surface area contributed by atoms with Gasteiger partial charge in [-0.25, -0.2) is 5.01 Å². The molecule has 0 bridgehead atoms. The fourth-order valence-corrected chi connectivity index (χ4v) is 1.85. The van der Waals surface area contributed by atoms with Crippen molar-refractivity contribution in [2.24, 2.45) is 0 Å². The van der Waals surface area contributed by atoms with E-state index in [-0.39, 0.29) is 5.91 Å². The highest BCUT2D eigenvalue weighted by Crippen LogP contribution is 2.11. The van der Waals surface area contributed by atoms with Crippen molar-refractivity contribution in [2.75, 3.05) is 26.3 Å². The summed E-state index contributed by atoms with van der Waals surface area (Å²) in [6.07, 6.45) is 3.24. The molecule has 96 valence electrons. The zero-order chi connectivity index (χ0) is 12.8. The first-order valence-electron chi connectivity index (χ1n) is 5.81. The number of halogens is 1. The van der Waals surface area contributed by atoms with Crippen molar-refractivity contribution in [1.82, 2.24) is 10.4 Å². The van der Waals surface area contributed by atoms with E-state index in [1.807, 2.05) is 17.1 Å². The van der Waals surface area contributed by atoms with E-state index in [4.69, 9.17) is 16.3 Å². The highest BCUT2D eigenvalue weighted by atomic mass is 35.5. The molecule has 1 aromatic rings. The maximum absolute atomic E-state index is 11.7. The minimum absolute atomic E-state index is 0.142. The van der Waals surface area contributed by atoms with Crippen LogP contribution < -0.4 is 5.43 Å². The van der Waals surface area contributed by atoms with Gasteiger partial charge in [0.2, 0.25) is 0 Å². The van der Waals surface area contributed by atoms with Gasteiger partial charge in [0.1, 0.15) is 0 Å². The number of rotatable bonds is 3. The van der Waals surface area contributed by atoms with Gasteiger partial charge in [-0.2, -0.15) is 0 Å². The molecule has 0 aliphatic carbocycles. The Kier molecular flexibility index (Phi) is 4.75. The number of carbonyl (C=O) groups excluding carboxylic acids is 1. The van der Waals surface area contributed by atoms with E-state index in [1.54, 1.807) is 18.2 Å². The fraction of sp³-hybridized carbons (Fsp3) is 0.308. The molecule has 0 unspecified atom stereocenters. The van der Waals surface area contributed by atoms with Crippen LogP contribution >= 0.6 is 11.6 Å². The van der Waals surface area contributed by atoms with E-state index >= 15 is 0 Å². The van der Waals surface area contributed by atoms with Crippen LogP contribution in [0.2, 0.25) is 5.02 Å². The maximum atomic E-state index is 11.7. The number of hydrogen-bond donors (Lipinski definition) is 1. The summed E-state index contributed by atoms with van der Waals surface area (Å²) in [5.74, 6) is -0.142. The average molecular weight is 267 g/mol. The van der Waals surface area contributed by atoms with Crippen molar-refractivity contribution in [2.45, 2.75) is 0 Å². The van der Waals surface area contributed by atoms with Gasteiger partial charge in [-0.3, -0.25) is 10.2 Å². The number of nitrogens with one attached hydrogen (secondary N) is 1. The van der Waals surface area contributed by atoms with E-state index in [2.05, 4.69) is 5.43 Å². The summed E-state index contributed by atoms with van der Waals surface area (Å²) in [6, 6.07) is 7.35. The molecule has 1 heterocycles. The van der Waals surface area contributed by atoms with Crippen molar-refractivity contribution in [3.05, 3.63) is 40.9 Å². The molecule has 4 nitrogen and oxygen atoms in total. The van der Waals surface area contributed by atoms with Gasteiger partial charge < -0.3 is 4.74 Å². The van der Waals surface area contributed by atoms with Gasteiger partial charge in [0.25, 0.3) is 5.91 Å². The lowest BCUT2D eigenvalue weighted by atomic mass is 10.2. The van der Waals surface area contributed by atoms with Crippen LogP contribution in [0.25, 0.3) is 6.08 Å².